The van der Waals surface area contributed by atoms with Crippen LogP contribution in [0.1, 0.15) is 33.1 Å². The summed E-state index contributed by atoms with van der Waals surface area (Å²) in [6.45, 7) is 4.14. The predicted octanol–water partition coefficient (Wildman–Crippen LogP) is 4.43. The van der Waals surface area contributed by atoms with E-state index in [2.05, 4.69) is 19.2 Å². The molecule has 1 unspecified atom stereocenters. The van der Waals surface area contributed by atoms with Crippen LogP contribution < -0.4 is 5.32 Å². The van der Waals surface area contributed by atoms with E-state index >= 15 is 0 Å². The van der Waals surface area contributed by atoms with Gasteiger partial charge in [0.25, 0.3) is 0 Å². The number of hydrogen-bond donors (Lipinski definition) is 1. The van der Waals surface area contributed by atoms with Crippen molar-refractivity contribution < 1.29 is 18.0 Å². The fourth-order valence-corrected chi connectivity index (χ4v) is 2.65. The Morgan fingerprint density at radius 1 is 1.32 bits per heavy atom. The summed E-state index contributed by atoms with van der Waals surface area (Å²) in [6.07, 6.45) is 4.88. The molecule has 0 spiro atoms. The van der Waals surface area contributed by atoms with E-state index in [9.17, 15) is 18.0 Å². The molecule has 120 valence electrons. The van der Waals surface area contributed by atoms with Gasteiger partial charge in [0.05, 0.1) is 11.5 Å². The topological polar surface area (TPSA) is 29.1 Å². The van der Waals surface area contributed by atoms with Crippen molar-refractivity contribution in [3.63, 3.8) is 0 Å². The third-order valence-corrected chi connectivity index (χ3v) is 3.93. The summed E-state index contributed by atoms with van der Waals surface area (Å²) in [7, 11) is 0. The Bertz CT molecular complexity index is 565. The molecule has 0 aliphatic heterocycles. The van der Waals surface area contributed by atoms with Gasteiger partial charge in [-0.05, 0) is 36.8 Å². The van der Waals surface area contributed by atoms with Gasteiger partial charge in [-0.1, -0.05) is 38.2 Å². The SMILES string of the molecule is CC(C)C1=C(NC(=O)C2C=CC(C(F)(F)F)=CC2)C=CCC1. The highest BCUT2D eigenvalue weighted by atomic mass is 19.4. The molecule has 22 heavy (non-hydrogen) atoms. The van der Waals surface area contributed by atoms with Gasteiger partial charge in [0.1, 0.15) is 0 Å². The number of amides is 1. The molecule has 2 aliphatic carbocycles. The Morgan fingerprint density at radius 2 is 2.05 bits per heavy atom. The van der Waals surface area contributed by atoms with E-state index in [1.54, 1.807) is 0 Å². The summed E-state index contributed by atoms with van der Waals surface area (Å²) in [5, 5.41) is 2.87. The van der Waals surface area contributed by atoms with Crippen molar-refractivity contribution in [1.82, 2.24) is 5.32 Å². The minimum atomic E-state index is -4.35. The first-order valence-electron chi connectivity index (χ1n) is 7.45. The second-order valence-electron chi connectivity index (χ2n) is 5.88. The number of rotatable bonds is 3. The molecule has 0 aromatic carbocycles. The Morgan fingerprint density at radius 3 is 2.59 bits per heavy atom. The lowest BCUT2D eigenvalue weighted by atomic mass is 9.91. The number of carbonyl (C=O) groups excluding carboxylic acids is 1. The normalized spacial score (nSPS) is 22.1. The summed E-state index contributed by atoms with van der Waals surface area (Å²) in [5.41, 5.74) is 1.30. The maximum absolute atomic E-state index is 12.5. The summed E-state index contributed by atoms with van der Waals surface area (Å²) in [5.74, 6) is -0.477. The molecule has 0 aromatic rings. The number of alkyl halides is 3. The third-order valence-electron chi connectivity index (χ3n) is 3.93. The van der Waals surface area contributed by atoms with Crippen LogP contribution in [0.2, 0.25) is 0 Å². The zero-order valence-corrected chi connectivity index (χ0v) is 12.7. The van der Waals surface area contributed by atoms with E-state index in [1.807, 2.05) is 12.2 Å². The molecular formula is C17H20F3NO. The lowest BCUT2D eigenvalue weighted by molar-refractivity contribution is -0.123. The molecule has 0 aromatic heterocycles. The molecule has 1 N–H and O–H groups in total. The quantitative estimate of drug-likeness (QED) is 0.821. The van der Waals surface area contributed by atoms with Gasteiger partial charge >= 0.3 is 6.18 Å². The third kappa shape index (κ3) is 3.90. The molecule has 2 nitrogen and oxygen atoms in total. The van der Waals surface area contributed by atoms with Gasteiger partial charge < -0.3 is 5.32 Å². The molecule has 0 radical (unpaired) electrons. The van der Waals surface area contributed by atoms with Crippen molar-refractivity contribution in [2.45, 2.75) is 39.3 Å². The Balaban J connectivity index is 2.04. The molecular weight excluding hydrogens is 291 g/mol. The van der Waals surface area contributed by atoms with E-state index in [0.29, 0.717) is 5.92 Å². The first-order chi connectivity index (χ1) is 10.3. The maximum Gasteiger partial charge on any atom is 0.416 e. The van der Waals surface area contributed by atoms with E-state index in [4.69, 9.17) is 0 Å². The molecule has 0 fully saturated rings. The molecule has 1 amide bonds. The van der Waals surface area contributed by atoms with E-state index < -0.39 is 17.7 Å². The van der Waals surface area contributed by atoms with Crippen LogP contribution in [0.4, 0.5) is 13.2 Å². The molecule has 2 rings (SSSR count). The molecule has 0 saturated heterocycles. The first kappa shape index (κ1) is 16.6. The summed E-state index contributed by atoms with van der Waals surface area (Å²) in [4.78, 5) is 12.2. The monoisotopic (exact) mass is 311 g/mol. The van der Waals surface area contributed by atoms with E-state index in [-0.39, 0.29) is 12.3 Å². The summed E-state index contributed by atoms with van der Waals surface area (Å²) >= 11 is 0. The zero-order valence-electron chi connectivity index (χ0n) is 12.7. The molecule has 5 heteroatoms. The number of carbonyl (C=O) groups is 1. The average Bonchev–Trinajstić information content (AvgIpc) is 2.46. The minimum absolute atomic E-state index is 0.0746. The highest BCUT2D eigenvalue weighted by Crippen LogP contribution is 2.31. The highest BCUT2D eigenvalue weighted by Gasteiger charge is 2.33. The molecule has 1 atom stereocenters. The fourth-order valence-electron chi connectivity index (χ4n) is 2.65. The van der Waals surface area contributed by atoms with Crippen molar-refractivity contribution in [1.29, 1.82) is 0 Å². The second-order valence-corrected chi connectivity index (χ2v) is 5.88. The van der Waals surface area contributed by atoms with Crippen LogP contribution in [-0.4, -0.2) is 12.1 Å². The minimum Gasteiger partial charge on any atom is -0.326 e. The van der Waals surface area contributed by atoms with Crippen molar-refractivity contribution in [2.75, 3.05) is 0 Å². The first-order valence-corrected chi connectivity index (χ1v) is 7.45. The zero-order chi connectivity index (χ0) is 16.3. The van der Waals surface area contributed by atoms with Gasteiger partial charge in [-0.25, -0.2) is 0 Å². The number of allylic oxidation sites excluding steroid dienone is 6. The Hall–Kier alpha value is -1.78. The number of nitrogens with one attached hydrogen (secondary N) is 1. The molecule has 2 aliphatic rings. The van der Waals surface area contributed by atoms with Crippen molar-refractivity contribution in [3.8, 4) is 0 Å². The standard InChI is InChI=1S/C17H20F3NO/c1-11(2)14-5-3-4-6-15(14)21-16(22)12-7-9-13(10-8-12)17(18,19)20/h4,6-7,9-12H,3,5,8H2,1-2H3,(H,21,22). The van der Waals surface area contributed by atoms with Gasteiger partial charge in [-0.15, -0.1) is 0 Å². The van der Waals surface area contributed by atoms with Crippen molar-refractivity contribution in [3.05, 3.63) is 47.2 Å². The molecule has 0 saturated carbocycles. The Kier molecular flexibility index (Phi) is 4.94. The van der Waals surface area contributed by atoms with E-state index in [0.717, 1.165) is 30.7 Å². The van der Waals surface area contributed by atoms with Crippen LogP contribution in [0, 0.1) is 11.8 Å². The number of halogens is 3. The Labute approximate surface area is 128 Å². The highest BCUT2D eigenvalue weighted by molar-refractivity contribution is 5.83. The molecule has 0 bridgehead atoms. The predicted molar refractivity (Wildman–Crippen MR) is 79.8 cm³/mol. The van der Waals surface area contributed by atoms with Crippen LogP contribution in [0.3, 0.4) is 0 Å². The van der Waals surface area contributed by atoms with Crippen molar-refractivity contribution >= 4 is 5.91 Å². The summed E-state index contributed by atoms with van der Waals surface area (Å²) in [6, 6.07) is 0. The van der Waals surface area contributed by atoms with Crippen LogP contribution >= 0.6 is 0 Å². The van der Waals surface area contributed by atoms with Gasteiger partial charge in [-0.2, -0.15) is 13.2 Å². The van der Waals surface area contributed by atoms with Crippen molar-refractivity contribution in [2.24, 2.45) is 11.8 Å². The fraction of sp³-hybridized carbons (Fsp3) is 0.471. The number of hydrogen-bond acceptors (Lipinski definition) is 1. The van der Waals surface area contributed by atoms with Gasteiger partial charge in [0.15, 0.2) is 0 Å². The smallest absolute Gasteiger partial charge is 0.326 e. The lowest BCUT2D eigenvalue weighted by Crippen LogP contribution is -2.31. The van der Waals surface area contributed by atoms with Gasteiger partial charge in [0, 0.05) is 5.70 Å². The second kappa shape index (κ2) is 6.55. The molecule has 0 heterocycles. The van der Waals surface area contributed by atoms with Crippen LogP contribution in [0.5, 0.6) is 0 Å². The van der Waals surface area contributed by atoms with E-state index in [1.165, 1.54) is 11.6 Å². The van der Waals surface area contributed by atoms with Crippen LogP contribution in [0.15, 0.2) is 47.2 Å². The lowest BCUT2D eigenvalue weighted by Gasteiger charge is -2.22. The van der Waals surface area contributed by atoms with Crippen LogP contribution in [0.25, 0.3) is 0 Å². The van der Waals surface area contributed by atoms with Gasteiger partial charge in [-0.3, -0.25) is 4.79 Å². The van der Waals surface area contributed by atoms with Gasteiger partial charge in [0.2, 0.25) is 5.91 Å². The maximum atomic E-state index is 12.5. The largest absolute Gasteiger partial charge is 0.416 e. The summed E-state index contributed by atoms with van der Waals surface area (Å²) < 4.78 is 37.6. The van der Waals surface area contributed by atoms with Crippen LogP contribution in [-0.2, 0) is 4.79 Å². The average molecular weight is 311 g/mol.